The average molecular weight is 1560 g/mol. The summed E-state index contributed by atoms with van der Waals surface area (Å²) >= 11 is 0. The van der Waals surface area contributed by atoms with Crippen LogP contribution in [0.4, 0.5) is 21.9 Å². The van der Waals surface area contributed by atoms with Gasteiger partial charge in [0.15, 0.2) is 0 Å². The first-order valence-corrected chi connectivity index (χ1v) is 39.8. The number of carbonyl (C=O) groups excluding carboxylic acids is 11. The number of carbonyl (C=O) groups is 11. The minimum absolute atomic E-state index is 0.00580. The van der Waals surface area contributed by atoms with Gasteiger partial charge in [-0.2, -0.15) is 0 Å². The lowest BCUT2D eigenvalue weighted by atomic mass is 9.88. The monoisotopic (exact) mass is 1560 g/mol. The van der Waals surface area contributed by atoms with Gasteiger partial charge < -0.3 is 81.9 Å². The van der Waals surface area contributed by atoms with Crippen molar-refractivity contribution in [2.45, 2.75) is 199 Å². The van der Waals surface area contributed by atoms with Crippen molar-refractivity contribution < 1.29 is 71.7 Å². The first-order chi connectivity index (χ1) is 54.1. The first kappa shape index (κ1) is 90.4. The average Bonchev–Trinajstić information content (AvgIpc) is 1.79. The second kappa shape index (κ2) is 45.8. The van der Waals surface area contributed by atoms with E-state index in [0.717, 1.165) is 53.6 Å². The number of likely N-dealkylation sites (tertiary alicyclic amines) is 1. The normalized spacial score (nSPS) is 16.4. The van der Waals surface area contributed by atoms with Crippen molar-refractivity contribution in [1.29, 1.82) is 0 Å². The van der Waals surface area contributed by atoms with E-state index in [1.807, 2.05) is 126 Å². The Morgan fingerprint density at radius 3 is 1.80 bits per heavy atom. The molecule has 1 saturated carbocycles. The van der Waals surface area contributed by atoms with Crippen molar-refractivity contribution >= 4 is 82.2 Å². The van der Waals surface area contributed by atoms with Crippen LogP contribution in [0.5, 0.6) is 0 Å². The van der Waals surface area contributed by atoms with Crippen molar-refractivity contribution in [3.8, 4) is 11.8 Å². The van der Waals surface area contributed by atoms with Gasteiger partial charge in [0.05, 0.1) is 81.3 Å². The predicted molar refractivity (Wildman–Crippen MR) is 432 cm³/mol. The van der Waals surface area contributed by atoms with Crippen molar-refractivity contribution in [1.82, 2.24) is 46.6 Å². The highest BCUT2D eigenvalue weighted by Crippen LogP contribution is 2.36. The van der Waals surface area contributed by atoms with Crippen molar-refractivity contribution in [2.24, 2.45) is 35.3 Å². The number of amides is 12. The molecule has 0 spiro atoms. The summed E-state index contributed by atoms with van der Waals surface area (Å²) in [6, 6.07) is 24.4. The van der Waals surface area contributed by atoms with Crippen LogP contribution in [-0.4, -0.2) is 216 Å². The Balaban J connectivity index is 0.881. The number of para-hydroxylation sites is 1. The molecule has 616 valence electrons. The Labute approximate surface area is 666 Å². The Bertz CT molecular complexity index is 3870. The molecule has 2 aliphatic heterocycles. The van der Waals surface area contributed by atoms with Gasteiger partial charge in [0, 0.05) is 89.1 Å². The Morgan fingerprint density at radius 2 is 1.17 bits per heavy atom. The van der Waals surface area contributed by atoms with Gasteiger partial charge >= 0.3 is 6.03 Å². The molecular formula is C85H121N13O15. The summed E-state index contributed by atoms with van der Waals surface area (Å²) in [5.74, 6) is 1.21. The molecule has 4 aromatic carbocycles. The van der Waals surface area contributed by atoms with Crippen LogP contribution in [0.1, 0.15) is 154 Å². The number of fused-ring (bicyclic) bond motifs is 2. The number of anilines is 3. The first-order valence-electron chi connectivity index (χ1n) is 39.8. The van der Waals surface area contributed by atoms with Crippen LogP contribution in [0.3, 0.4) is 0 Å². The number of rotatable bonds is 44. The predicted octanol–water partition coefficient (Wildman–Crippen LogP) is 6.81. The molecule has 12 amide bonds. The Morgan fingerprint density at radius 1 is 0.558 bits per heavy atom. The molecule has 113 heavy (non-hydrogen) atoms. The largest absolute Gasteiger partial charge is 0.379 e. The number of methoxy groups -OCH3 is 2. The standard InChI is InChI=1S/C85H121N13O15/c1-54(2)74(93-71(100)43-47-112-49-50-113-48-45-87-70(99)35-22-36-72(101)98-53-62-31-19-16-27-59(62)37-38-60-28-20-21-33-67(60)98)82(106)91-65(32-23-44-88-85(86)109)80(104)89-63-39-41-64(42-40-63)90-81(105)66(51-58-25-14-13-15-26-58)92-79(103)57(7)78(111-12)68-34-24-46-97(68)73(102)52-69(110-11)77(61-29-17-18-30-61)96(10)84(108)75(55(3)4)94-83(107)76(56(5)6)95(8)9/h13-16,19-21,25-28,31,33,39-42,54-57,61,65-66,68-69,74-78H,17-18,22-24,29-30,32,34-36,43-53H2,1-12H3,(H,87,99)(H,89,104)(H,90,105)(H,91,106)(H,92,103)(H,93,100)(H,94,107)(H3,86,88,109)/t57-,65?,66+,68+,69-,74+,75+,76+,77+,78-/m1/s1. The number of benzene rings is 4. The molecular weight excluding hydrogens is 1440 g/mol. The zero-order valence-electron chi connectivity index (χ0n) is 67.9. The number of urea groups is 1. The third kappa shape index (κ3) is 27.5. The quantitative estimate of drug-likeness (QED) is 0.0162. The number of hydrogen-bond acceptors (Lipinski definition) is 16. The highest BCUT2D eigenvalue weighted by atomic mass is 16.5. The summed E-state index contributed by atoms with van der Waals surface area (Å²) in [7, 11) is 8.49. The van der Waals surface area contributed by atoms with E-state index in [-0.39, 0.29) is 132 Å². The fraction of sp³-hybridized carbons (Fsp3) is 0.565. The minimum Gasteiger partial charge on any atom is -0.379 e. The third-order valence-corrected chi connectivity index (χ3v) is 21.2. The van der Waals surface area contributed by atoms with Crippen molar-refractivity contribution in [3.63, 3.8) is 0 Å². The summed E-state index contributed by atoms with van der Waals surface area (Å²) in [5, 5.41) is 22.6. The number of ether oxygens (including phenoxy) is 4. The molecule has 28 nitrogen and oxygen atoms in total. The van der Waals surface area contributed by atoms with E-state index in [4.69, 9.17) is 24.7 Å². The number of nitrogens with one attached hydrogen (secondary N) is 8. The number of nitrogens with two attached hydrogens (primary N) is 1. The molecule has 0 radical (unpaired) electrons. The smallest absolute Gasteiger partial charge is 0.312 e. The highest BCUT2D eigenvalue weighted by molar-refractivity contribution is 6.00. The van der Waals surface area contributed by atoms with E-state index in [0.29, 0.717) is 43.7 Å². The van der Waals surface area contributed by atoms with E-state index in [9.17, 15) is 52.7 Å². The molecule has 7 rings (SSSR count). The topological polar surface area (TPSA) is 360 Å². The lowest BCUT2D eigenvalue weighted by Crippen LogP contribution is -2.59. The van der Waals surface area contributed by atoms with Crippen LogP contribution in [-0.2, 0) is 79.9 Å². The molecule has 3 aliphatic rings. The van der Waals surface area contributed by atoms with Gasteiger partial charge in [0.2, 0.25) is 59.1 Å². The molecule has 10 N–H and O–H groups in total. The lowest BCUT2D eigenvalue weighted by Gasteiger charge is -2.41. The lowest BCUT2D eigenvalue weighted by molar-refractivity contribution is -0.148. The van der Waals surface area contributed by atoms with Gasteiger partial charge in [0.1, 0.15) is 24.2 Å². The number of likely N-dealkylation sites (N-methyl/N-ethyl adjacent to an activating group) is 2. The van der Waals surface area contributed by atoms with Gasteiger partial charge in [0.25, 0.3) is 0 Å². The van der Waals surface area contributed by atoms with E-state index in [1.54, 1.807) is 73.9 Å². The molecule has 2 heterocycles. The number of primary amides is 1. The van der Waals surface area contributed by atoms with E-state index < -0.39 is 102 Å². The molecule has 0 bridgehead atoms. The molecule has 1 saturated heterocycles. The van der Waals surface area contributed by atoms with E-state index in [2.05, 4.69) is 54.4 Å². The zero-order chi connectivity index (χ0) is 82.3. The number of nitrogens with zero attached hydrogens (tertiary/aromatic N) is 4. The Kier molecular flexibility index (Phi) is 36.6. The summed E-state index contributed by atoms with van der Waals surface area (Å²) in [4.78, 5) is 158. The third-order valence-electron chi connectivity index (χ3n) is 21.2. The molecule has 4 aromatic rings. The summed E-state index contributed by atoms with van der Waals surface area (Å²) in [5.41, 5.74) is 10.0. The second-order valence-electron chi connectivity index (χ2n) is 30.8. The Hall–Kier alpha value is -9.79. The van der Waals surface area contributed by atoms with Gasteiger partial charge in [-0.1, -0.05) is 134 Å². The summed E-state index contributed by atoms with van der Waals surface area (Å²) < 4.78 is 23.6. The molecule has 10 atom stereocenters. The van der Waals surface area contributed by atoms with E-state index in [1.165, 1.54) is 7.11 Å². The fourth-order valence-electron chi connectivity index (χ4n) is 15.2. The maximum atomic E-state index is 14.8. The molecule has 1 aliphatic carbocycles. The molecule has 1 unspecified atom stereocenters. The maximum Gasteiger partial charge on any atom is 0.312 e. The second-order valence-corrected chi connectivity index (χ2v) is 30.8. The van der Waals surface area contributed by atoms with Gasteiger partial charge in [-0.25, -0.2) is 4.79 Å². The van der Waals surface area contributed by atoms with Crippen LogP contribution >= 0.6 is 0 Å². The summed E-state index contributed by atoms with van der Waals surface area (Å²) in [6.45, 7) is 14.6. The molecule has 28 heteroatoms. The highest BCUT2D eigenvalue weighted by Gasteiger charge is 2.45. The summed E-state index contributed by atoms with van der Waals surface area (Å²) in [6.07, 6.45) is 4.31. The molecule has 2 fully saturated rings. The molecule has 0 aromatic heterocycles. The van der Waals surface area contributed by atoms with Gasteiger partial charge in [-0.05, 0) is 136 Å². The van der Waals surface area contributed by atoms with Crippen molar-refractivity contribution in [2.75, 3.05) is 97.0 Å². The van der Waals surface area contributed by atoms with E-state index >= 15 is 0 Å². The zero-order valence-corrected chi connectivity index (χ0v) is 67.9. The number of hydrogen-bond donors (Lipinski definition) is 9. The SMILES string of the molecule is CO[C@H]([C@@H](C)C(=O)N[C@@H](Cc1ccccc1)C(=O)Nc1ccc(NC(=O)C(CCCNC(N)=O)NC(=O)[C@@H](NC(=O)CCOCCOCCNC(=O)CCCC(=O)N2Cc3ccccc3C#Cc3ccccc32)C(C)C)cc1)[C@@H]1CCCN1C(=O)C[C@@H](OC)[C@H](C1CCCC1)N(C)C(=O)[C@@H](NC(=O)[C@H](C(C)C)N(C)C)C(C)C. The van der Waals surface area contributed by atoms with Gasteiger partial charge in [-0.3, -0.25) is 52.8 Å². The van der Waals surface area contributed by atoms with Crippen molar-refractivity contribution in [3.05, 3.63) is 125 Å². The fourth-order valence-corrected chi connectivity index (χ4v) is 15.2. The maximum absolute atomic E-state index is 14.8. The van der Waals surface area contributed by atoms with Crippen LogP contribution in [0.2, 0.25) is 0 Å². The van der Waals surface area contributed by atoms with Crippen LogP contribution in [0.25, 0.3) is 0 Å². The van der Waals surface area contributed by atoms with Crippen LogP contribution in [0, 0.1) is 41.4 Å². The minimum atomic E-state index is -1.15. The van der Waals surface area contributed by atoms with Crippen LogP contribution < -0.4 is 53.2 Å². The van der Waals surface area contributed by atoms with Crippen LogP contribution in [0.15, 0.2) is 103 Å². The van der Waals surface area contributed by atoms with Gasteiger partial charge in [-0.15, -0.1) is 0 Å².